The van der Waals surface area contributed by atoms with Crippen molar-refractivity contribution >= 4 is 29.3 Å². The fourth-order valence-electron chi connectivity index (χ4n) is 6.07. The zero-order chi connectivity index (χ0) is 35.0. The van der Waals surface area contributed by atoms with Crippen LogP contribution in [-0.2, 0) is 20.7 Å². The summed E-state index contributed by atoms with van der Waals surface area (Å²) in [6, 6.07) is 19.3. The molecule has 1 saturated carbocycles. The highest BCUT2D eigenvalue weighted by Crippen LogP contribution is 2.32. The zero-order valence-electron chi connectivity index (χ0n) is 28.9. The van der Waals surface area contributed by atoms with E-state index in [1.807, 2.05) is 94.5 Å². The normalized spacial score (nSPS) is 16.8. The van der Waals surface area contributed by atoms with Gasteiger partial charge in [0.25, 0.3) is 0 Å². The van der Waals surface area contributed by atoms with Gasteiger partial charge in [0.05, 0.1) is 0 Å². The lowest BCUT2D eigenvalue weighted by Gasteiger charge is -2.29. The van der Waals surface area contributed by atoms with Gasteiger partial charge in [-0.2, -0.15) is 5.21 Å². The van der Waals surface area contributed by atoms with Gasteiger partial charge in [-0.15, -0.1) is 10.2 Å². The molecule has 5 rings (SSSR count). The predicted octanol–water partition coefficient (Wildman–Crippen LogP) is 6.08. The van der Waals surface area contributed by atoms with E-state index in [4.69, 9.17) is 4.74 Å². The van der Waals surface area contributed by atoms with Crippen LogP contribution >= 0.6 is 0 Å². The molecule has 49 heavy (non-hydrogen) atoms. The molecule has 1 atom stereocenters. The molecule has 2 aromatic heterocycles. The number of carbonyl (C=O) groups is 3. The van der Waals surface area contributed by atoms with E-state index in [0.29, 0.717) is 30.4 Å². The molecule has 2 amide bonds. The third-order valence-corrected chi connectivity index (χ3v) is 8.79. The van der Waals surface area contributed by atoms with Crippen molar-refractivity contribution in [3.05, 3.63) is 72.4 Å². The topological polar surface area (TPSA) is 155 Å². The SMILES string of the molecule is CN(C)c1ccc(-c2ccc(C[C@H](CC(=O)C3CCC(CNC(=O)OC(C)(C)C)CC3)C(=O)Nc3ccc(-c4nn[nH]n4)cc3)cc2)cn1. The quantitative estimate of drug-likeness (QED) is 0.163. The molecule has 0 aliphatic heterocycles. The van der Waals surface area contributed by atoms with Gasteiger partial charge in [-0.3, -0.25) is 9.59 Å². The van der Waals surface area contributed by atoms with Crippen molar-refractivity contribution in [1.29, 1.82) is 0 Å². The number of amides is 2. The van der Waals surface area contributed by atoms with E-state index in [1.54, 1.807) is 12.1 Å². The Bertz CT molecular complexity index is 1670. The third kappa shape index (κ3) is 10.2. The number of hydrogen-bond donors (Lipinski definition) is 3. The minimum atomic E-state index is -0.553. The molecule has 4 aromatic rings. The Labute approximate surface area is 287 Å². The number of benzene rings is 2. The van der Waals surface area contributed by atoms with Crippen molar-refractivity contribution < 1.29 is 19.1 Å². The highest BCUT2D eigenvalue weighted by molar-refractivity contribution is 5.96. The predicted molar refractivity (Wildman–Crippen MR) is 189 cm³/mol. The Morgan fingerprint density at radius 2 is 1.59 bits per heavy atom. The van der Waals surface area contributed by atoms with Crippen molar-refractivity contribution in [3.8, 4) is 22.5 Å². The van der Waals surface area contributed by atoms with E-state index < -0.39 is 17.6 Å². The standard InChI is InChI=1S/C37H46N8O4/c1-37(2,3)49-36(48)39-22-25-8-12-27(13-9-25)32(46)21-30(35(47)40-31-17-14-28(15-18-31)34-41-43-44-42-34)20-24-6-10-26(11-7-24)29-16-19-33(38-23-29)45(4)5/h6-7,10-11,14-19,23,25,27,30H,8-9,12-13,20-22H2,1-5H3,(H,39,48)(H,40,47)(H,41,42,43,44)/t25?,27?,30-/m1/s1. The summed E-state index contributed by atoms with van der Waals surface area (Å²) in [7, 11) is 3.91. The van der Waals surface area contributed by atoms with Crippen molar-refractivity contribution in [2.45, 2.75) is 64.9 Å². The van der Waals surface area contributed by atoms with Gasteiger partial charge in [0.2, 0.25) is 11.7 Å². The molecular weight excluding hydrogens is 620 g/mol. The molecule has 1 aliphatic carbocycles. The number of Topliss-reactive ketones (excluding diaryl/α,β-unsaturated/α-hetero) is 1. The van der Waals surface area contributed by atoms with Gasteiger partial charge in [0, 0.05) is 61.9 Å². The molecule has 12 nitrogen and oxygen atoms in total. The number of rotatable bonds is 12. The minimum Gasteiger partial charge on any atom is -0.444 e. The molecule has 1 fully saturated rings. The van der Waals surface area contributed by atoms with Gasteiger partial charge in [-0.05, 0) is 112 Å². The van der Waals surface area contributed by atoms with Crippen LogP contribution < -0.4 is 15.5 Å². The van der Waals surface area contributed by atoms with E-state index in [2.05, 4.69) is 36.2 Å². The van der Waals surface area contributed by atoms with Gasteiger partial charge in [-0.1, -0.05) is 24.3 Å². The molecule has 2 aromatic carbocycles. The lowest BCUT2D eigenvalue weighted by molar-refractivity contribution is -0.129. The Kier molecular flexibility index (Phi) is 11.4. The lowest BCUT2D eigenvalue weighted by atomic mass is 9.77. The average molecular weight is 667 g/mol. The summed E-state index contributed by atoms with van der Waals surface area (Å²) in [6.07, 6.45) is 5.15. The number of H-pyrrole nitrogens is 1. The van der Waals surface area contributed by atoms with Crippen LogP contribution in [0.15, 0.2) is 66.9 Å². The second kappa shape index (κ2) is 15.8. The minimum absolute atomic E-state index is 0.106. The lowest BCUT2D eigenvalue weighted by Crippen LogP contribution is -2.37. The molecule has 3 N–H and O–H groups in total. The highest BCUT2D eigenvalue weighted by atomic mass is 16.6. The van der Waals surface area contributed by atoms with E-state index in [9.17, 15) is 14.4 Å². The number of anilines is 2. The summed E-state index contributed by atoms with van der Waals surface area (Å²) >= 11 is 0. The maximum absolute atomic E-state index is 13.8. The number of pyridine rings is 1. The van der Waals surface area contributed by atoms with Gasteiger partial charge in [-0.25, -0.2) is 9.78 Å². The van der Waals surface area contributed by atoms with Gasteiger partial charge < -0.3 is 20.3 Å². The van der Waals surface area contributed by atoms with Crippen LogP contribution in [0.5, 0.6) is 0 Å². The van der Waals surface area contributed by atoms with Crippen molar-refractivity contribution in [3.63, 3.8) is 0 Å². The number of hydrogen-bond acceptors (Lipinski definition) is 9. The number of carbonyl (C=O) groups excluding carboxylic acids is 3. The molecular formula is C37H46N8O4. The molecule has 258 valence electrons. The molecule has 2 heterocycles. The number of nitrogens with zero attached hydrogens (tertiary/aromatic N) is 5. The first-order valence-corrected chi connectivity index (χ1v) is 16.8. The van der Waals surface area contributed by atoms with Gasteiger partial charge >= 0.3 is 6.09 Å². The number of nitrogens with one attached hydrogen (secondary N) is 3. The first-order chi connectivity index (χ1) is 23.4. The van der Waals surface area contributed by atoms with E-state index in [-0.39, 0.29) is 24.0 Å². The molecule has 1 aliphatic rings. The van der Waals surface area contributed by atoms with Crippen LogP contribution in [0.1, 0.15) is 58.4 Å². The number of alkyl carbamates (subject to hydrolysis) is 1. The van der Waals surface area contributed by atoms with Gasteiger partial charge in [0.1, 0.15) is 17.2 Å². The number of tetrazole rings is 1. The largest absolute Gasteiger partial charge is 0.444 e. The van der Waals surface area contributed by atoms with E-state index in [1.165, 1.54) is 0 Å². The first kappa shape index (κ1) is 35.2. The summed E-state index contributed by atoms with van der Waals surface area (Å²) in [5.41, 5.74) is 3.84. The maximum atomic E-state index is 13.8. The summed E-state index contributed by atoms with van der Waals surface area (Å²) < 4.78 is 5.35. The molecule has 0 unspecified atom stereocenters. The Morgan fingerprint density at radius 1 is 0.918 bits per heavy atom. The number of ether oxygens (including phenoxy) is 1. The Morgan fingerprint density at radius 3 is 2.18 bits per heavy atom. The van der Waals surface area contributed by atoms with Crippen molar-refractivity contribution in [2.24, 2.45) is 17.8 Å². The Hall–Kier alpha value is -5.13. The van der Waals surface area contributed by atoms with Crippen LogP contribution in [-0.4, -0.2) is 69.6 Å². The molecule has 0 radical (unpaired) electrons. The summed E-state index contributed by atoms with van der Waals surface area (Å²) in [6.45, 7) is 6.04. The number of aromatic nitrogens is 5. The third-order valence-electron chi connectivity index (χ3n) is 8.79. The summed E-state index contributed by atoms with van der Waals surface area (Å²) in [5, 5.41) is 19.9. The van der Waals surface area contributed by atoms with E-state index in [0.717, 1.165) is 53.8 Å². The summed E-state index contributed by atoms with van der Waals surface area (Å²) in [4.78, 5) is 46.0. The maximum Gasteiger partial charge on any atom is 0.407 e. The number of aromatic amines is 1. The molecule has 12 heteroatoms. The highest BCUT2D eigenvalue weighted by Gasteiger charge is 2.31. The monoisotopic (exact) mass is 666 g/mol. The van der Waals surface area contributed by atoms with Crippen LogP contribution in [0.2, 0.25) is 0 Å². The van der Waals surface area contributed by atoms with E-state index >= 15 is 0 Å². The van der Waals surface area contributed by atoms with Crippen molar-refractivity contribution in [2.75, 3.05) is 30.9 Å². The Balaban J connectivity index is 1.23. The molecule has 0 bridgehead atoms. The van der Waals surface area contributed by atoms with Crippen LogP contribution in [0.3, 0.4) is 0 Å². The summed E-state index contributed by atoms with van der Waals surface area (Å²) in [5.74, 6) is 0.876. The zero-order valence-corrected chi connectivity index (χ0v) is 28.9. The second-order valence-electron chi connectivity index (χ2n) is 14.0. The first-order valence-electron chi connectivity index (χ1n) is 16.8. The fourth-order valence-corrected chi connectivity index (χ4v) is 6.07. The fraction of sp³-hybridized carbons (Fsp3) is 0.432. The van der Waals surface area contributed by atoms with Crippen LogP contribution in [0.4, 0.5) is 16.3 Å². The van der Waals surface area contributed by atoms with Crippen molar-refractivity contribution in [1.82, 2.24) is 30.9 Å². The smallest absolute Gasteiger partial charge is 0.407 e. The average Bonchev–Trinajstić information content (AvgIpc) is 3.62. The molecule has 0 spiro atoms. The van der Waals surface area contributed by atoms with Crippen LogP contribution in [0, 0.1) is 17.8 Å². The van der Waals surface area contributed by atoms with Gasteiger partial charge in [0.15, 0.2) is 0 Å². The molecule has 0 saturated heterocycles. The van der Waals surface area contributed by atoms with Crippen LogP contribution in [0.25, 0.3) is 22.5 Å². The second-order valence-corrected chi connectivity index (χ2v) is 14.0. The number of ketones is 1.